The minimum Gasteiger partial charge on any atom is -0.387 e. The molecule has 0 spiro atoms. The molecule has 0 saturated carbocycles. The Morgan fingerprint density at radius 3 is 2.68 bits per heavy atom. The molecule has 1 aromatic rings. The molecule has 0 unspecified atom stereocenters. The van der Waals surface area contributed by atoms with E-state index in [0.717, 1.165) is 75.0 Å². The molecule has 3 rings (SSSR count). The number of piperazine rings is 1. The monoisotopic (exact) mass is 364 g/mol. The lowest BCUT2D eigenvalue weighted by molar-refractivity contribution is -0.0172. The van der Waals surface area contributed by atoms with Crippen LogP contribution in [0, 0.1) is 0 Å². The van der Waals surface area contributed by atoms with Crippen molar-refractivity contribution < 1.29 is 5.11 Å². The van der Waals surface area contributed by atoms with E-state index in [1.807, 2.05) is 18.0 Å². The van der Waals surface area contributed by atoms with Crippen LogP contribution < -0.4 is 4.90 Å². The van der Waals surface area contributed by atoms with Gasteiger partial charge in [-0.25, -0.2) is 0 Å². The van der Waals surface area contributed by atoms with Crippen molar-refractivity contribution in [1.29, 1.82) is 0 Å². The topological polar surface area (TPSA) is 42.8 Å². The van der Waals surface area contributed by atoms with E-state index in [9.17, 15) is 5.11 Å². The van der Waals surface area contributed by atoms with E-state index >= 15 is 0 Å². The van der Waals surface area contributed by atoms with Gasteiger partial charge in [-0.3, -0.25) is 9.88 Å². The fraction of sp³-hybridized carbons (Fsp3) is 0.737. The molecular weight excluding hydrogens is 332 g/mol. The maximum atomic E-state index is 11.2. The van der Waals surface area contributed by atoms with Crippen LogP contribution in [0.1, 0.15) is 25.5 Å². The van der Waals surface area contributed by atoms with Crippen LogP contribution in [-0.2, 0) is 5.75 Å². The lowest BCUT2D eigenvalue weighted by Gasteiger charge is -2.44. The summed E-state index contributed by atoms with van der Waals surface area (Å²) in [6, 6.07) is 4.30. The molecule has 0 amide bonds. The molecular formula is C19H32N4OS. The summed E-state index contributed by atoms with van der Waals surface area (Å²) in [5.41, 5.74) is 1.67. The van der Waals surface area contributed by atoms with Gasteiger partial charge in [0.25, 0.3) is 0 Å². The molecule has 0 bridgehead atoms. The zero-order valence-electron chi connectivity index (χ0n) is 15.7. The van der Waals surface area contributed by atoms with Gasteiger partial charge in [-0.05, 0) is 37.8 Å². The van der Waals surface area contributed by atoms with Gasteiger partial charge in [0.15, 0.2) is 0 Å². The number of aromatic nitrogens is 1. The Morgan fingerprint density at radius 1 is 1.20 bits per heavy atom. The third kappa shape index (κ3) is 5.33. The van der Waals surface area contributed by atoms with Crippen molar-refractivity contribution in [2.45, 2.75) is 31.1 Å². The second kappa shape index (κ2) is 8.71. The molecule has 3 heterocycles. The van der Waals surface area contributed by atoms with Gasteiger partial charge in [0, 0.05) is 51.6 Å². The van der Waals surface area contributed by atoms with Crippen LogP contribution in [0.15, 0.2) is 18.3 Å². The average molecular weight is 365 g/mol. The standard InChI is InChI=1S/C19H32N4OS/c1-3-25-14-17-5-6-18(13-20-17)23-8-4-7-19(24,16-23)15-22-11-9-21(2)10-12-22/h5-6,13,24H,3-4,7-12,14-16H2,1-2H3/t19-/m1/s1. The molecule has 1 atom stereocenters. The van der Waals surface area contributed by atoms with Crippen molar-refractivity contribution in [2.75, 3.05) is 63.5 Å². The van der Waals surface area contributed by atoms with Crippen molar-refractivity contribution >= 4 is 17.4 Å². The van der Waals surface area contributed by atoms with E-state index in [1.165, 1.54) is 0 Å². The van der Waals surface area contributed by atoms with Crippen LogP contribution in [0.2, 0.25) is 0 Å². The molecule has 1 N–H and O–H groups in total. The number of nitrogens with zero attached hydrogens (tertiary/aromatic N) is 4. The number of aliphatic hydroxyl groups is 1. The molecule has 1 aromatic heterocycles. The largest absolute Gasteiger partial charge is 0.387 e. The molecule has 5 nitrogen and oxygen atoms in total. The van der Waals surface area contributed by atoms with E-state index < -0.39 is 5.60 Å². The van der Waals surface area contributed by atoms with E-state index in [0.29, 0.717) is 6.54 Å². The van der Waals surface area contributed by atoms with Crippen molar-refractivity contribution in [3.8, 4) is 0 Å². The van der Waals surface area contributed by atoms with Crippen LogP contribution in [0.5, 0.6) is 0 Å². The Hall–Kier alpha value is -0.820. The first-order chi connectivity index (χ1) is 12.1. The molecule has 6 heteroatoms. The van der Waals surface area contributed by atoms with Gasteiger partial charge in [0.1, 0.15) is 0 Å². The fourth-order valence-electron chi connectivity index (χ4n) is 3.78. The van der Waals surface area contributed by atoms with Gasteiger partial charge >= 0.3 is 0 Å². The predicted molar refractivity (Wildman–Crippen MR) is 106 cm³/mol. The second-order valence-corrected chi connectivity index (χ2v) is 8.75. The summed E-state index contributed by atoms with van der Waals surface area (Å²) in [6.07, 6.45) is 3.92. The number of anilines is 1. The molecule has 2 saturated heterocycles. The molecule has 140 valence electrons. The Labute approximate surface area is 156 Å². The van der Waals surface area contributed by atoms with Gasteiger partial charge in [0.05, 0.1) is 23.2 Å². The summed E-state index contributed by atoms with van der Waals surface area (Å²) in [5.74, 6) is 2.10. The van der Waals surface area contributed by atoms with Gasteiger partial charge in [-0.1, -0.05) is 6.92 Å². The quantitative estimate of drug-likeness (QED) is 0.832. The molecule has 2 aliphatic heterocycles. The maximum absolute atomic E-state index is 11.2. The summed E-state index contributed by atoms with van der Waals surface area (Å²) in [6.45, 7) is 9.00. The normalized spacial score (nSPS) is 26.1. The molecule has 0 radical (unpaired) electrons. The number of hydrogen-bond acceptors (Lipinski definition) is 6. The first-order valence-electron chi connectivity index (χ1n) is 9.49. The van der Waals surface area contributed by atoms with E-state index in [-0.39, 0.29) is 0 Å². The van der Waals surface area contributed by atoms with Crippen LogP contribution >= 0.6 is 11.8 Å². The predicted octanol–water partition coefficient (Wildman–Crippen LogP) is 1.91. The van der Waals surface area contributed by atoms with E-state index in [1.54, 1.807) is 0 Å². The summed E-state index contributed by atoms with van der Waals surface area (Å²) >= 11 is 1.90. The van der Waals surface area contributed by atoms with Crippen LogP contribution in [0.4, 0.5) is 5.69 Å². The van der Waals surface area contributed by atoms with Gasteiger partial charge in [0.2, 0.25) is 0 Å². The highest BCUT2D eigenvalue weighted by molar-refractivity contribution is 7.98. The van der Waals surface area contributed by atoms with Crippen LogP contribution in [0.25, 0.3) is 0 Å². The minimum atomic E-state index is -0.606. The van der Waals surface area contributed by atoms with Crippen molar-refractivity contribution in [2.24, 2.45) is 0 Å². The van der Waals surface area contributed by atoms with Gasteiger partial charge < -0.3 is 14.9 Å². The highest BCUT2D eigenvalue weighted by atomic mass is 32.2. The van der Waals surface area contributed by atoms with Crippen molar-refractivity contribution in [3.05, 3.63) is 24.0 Å². The van der Waals surface area contributed by atoms with Crippen molar-refractivity contribution in [3.63, 3.8) is 0 Å². The summed E-state index contributed by atoms with van der Waals surface area (Å²) in [7, 11) is 2.17. The van der Waals surface area contributed by atoms with E-state index in [4.69, 9.17) is 0 Å². The second-order valence-electron chi connectivity index (χ2n) is 7.47. The average Bonchev–Trinajstić information content (AvgIpc) is 2.62. The minimum absolute atomic E-state index is 0.606. The lowest BCUT2D eigenvalue weighted by Crippen LogP contribution is -2.57. The summed E-state index contributed by atoms with van der Waals surface area (Å²) < 4.78 is 0. The maximum Gasteiger partial charge on any atom is 0.0948 e. The highest BCUT2D eigenvalue weighted by Gasteiger charge is 2.35. The Kier molecular flexibility index (Phi) is 6.61. The van der Waals surface area contributed by atoms with Crippen LogP contribution in [0.3, 0.4) is 0 Å². The van der Waals surface area contributed by atoms with Crippen molar-refractivity contribution in [1.82, 2.24) is 14.8 Å². The highest BCUT2D eigenvalue weighted by Crippen LogP contribution is 2.27. The van der Waals surface area contributed by atoms with Gasteiger partial charge in [-0.15, -0.1) is 0 Å². The number of likely N-dealkylation sites (N-methyl/N-ethyl adjacent to an activating group) is 1. The van der Waals surface area contributed by atoms with Crippen LogP contribution in [-0.4, -0.2) is 84.1 Å². The Morgan fingerprint density at radius 2 is 2.00 bits per heavy atom. The third-order valence-corrected chi connectivity index (χ3v) is 6.21. The Bertz CT molecular complexity index is 533. The van der Waals surface area contributed by atoms with Gasteiger partial charge in [-0.2, -0.15) is 11.8 Å². The SMILES string of the molecule is CCSCc1ccc(N2CCC[C@@](O)(CN3CCN(C)CC3)C2)cn1. The molecule has 0 aromatic carbocycles. The molecule has 2 aliphatic rings. The summed E-state index contributed by atoms with van der Waals surface area (Å²) in [4.78, 5) is 11.7. The first kappa shape index (κ1) is 19.0. The summed E-state index contributed by atoms with van der Waals surface area (Å²) in [5, 5.41) is 11.2. The zero-order valence-corrected chi connectivity index (χ0v) is 16.5. The molecule has 2 fully saturated rings. The number of pyridine rings is 1. The third-order valence-electron chi connectivity index (χ3n) is 5.30. The smallest absolute Gasteiger partial charge is 0.0948 e. The van der Waals surface area contributed by atoms with E-state index in [2.05, 4.69) is 45.8 Å². The molecule has 0 aliphatic carbocycles. The fourth-order valence-corrected chi connectivity index (χ4v) is 4.36. The first-order valence-corrected chi connectivity index (χ1v) is 10.6. The number of thioether (sulfide) groups is 1. The number of piperidine rings is 1. The number of β-amino-alcohol motifs (C(OH)–C–C–N with tert-alkyl or cyclic N) is 1. The number of hydrogen-bond donors (Lipinski definition) is 1. The number of rotatable bonds is 6. The lowest BCUT2D eigenvalue weighted by atomic mass is 9.91. The molecule has 25 heavy (non-hydrogen) atoms. The zero-order chi connectivity index (χ0) is 17.7. The Balaban J connectivity index is 1.58.